The lowest BCUT2D eigenvalue weighted by molar-refractivity contribution is -0.267. The highest BCUT2D eigenvalue weighted by Crippen LogP contribution is 2.56. The number of aromatic nitrogens is 4. The quantitative estimate of drug-likeness (QED) is 0.564. The zero-order valence-electron chi connectivity index (χ0n) is 21.0. The van der Waals surface area contributed by atoms with Crippen molar-refractivity contribution in [2.24, 2.45) is 5.41 Å². The van der Waals surface area contributed by atoms with Crippen molar-refractivity contribution in [3.05, 3.63) is 35.5 Å². The molecule has 0 aromatic carbocycles. The first-order valence-electron chi connectivity index (χ1n) is 13.2. The van der Waals surface area contributed by atoms with E-state index in [9.17, 15) is 31.9 Å². The molecular formula is C25H28F5N7O2. The summed E-state index contributed by atoms with van der Waals surface area (Å²) in [5.41, 5.74) is -1.67. The zero-order valence-corrected chi connectivity index (χ0v) is 21.0. The van der Waals surface area contributed by atoms with Gasteiger partial charge in [-0.2, -0.15) is 18.3 Å². The van der Waals surface area contributed by atoms with Gasteiger partial charge in [0.2, 0.25) is 5.92 Å². The van der Waals surface area contributed by atoms with Crippen molar-refractivity contribution in [2.75, 3.05) is 44.2 Å². The number of carbonyl (C=O) groups excluding carboxylic acids is 1. The van der Waals surface area contributed by atoms with Crippen LogP contribution >= 0.6 is 0 Å². The molecule has 5 heterocycles. The van der Waals surface area contributed by atoms with E-state index in [0.717, 1.165) is 18.4 Å². The van der Waals surface area contributed by atoms with Gasteiger partial charge in [-0.3, -0.25) is 5.10 Å². The maximum Gasteiger partial charge on any atom is 0.420 e. The van der Waals surface area contributed by atoms with Crippen molar-refractivity contribution in [3.8, 4) is 0 Å². The molecule has 2 amide bonds. The predicted molar refractivity (Wildman–Crippen MR) is 126 cm³/mol. The van der Waals surface area contributed by atoms with Crippen LogP contribution in [0.3, 0.4) is 0 Å². The van der Waals surface area contributed by atoms with Crippen LogP contribution in [-0.2, 0) is 0 Å². The fourth-order valence-corrected chi connectivity index (χ4v) is 6.63. The molecular weight excluding hydrogens is 525 g/mol. The fourth-order valence-electron chi connectivity index (χ4n) is 6.63. The maximum atomic E-state index is 13.1. The Morgan fingerprint density at radius 3 is 2.26 bits per heavy atom. The number of hydrogen-bond acceptors (Lipinski definition) is 6. The Kier molecular flexibility index (Phi) is 5.13. The number of H-pyrrole nitrogens is 1. The normalized spacial score (nSPS) is 25.9. The first kappa shape index (κ1) is 25.0. The van der Waals surface area contributed by atoms with Crippen LogP contribution in [0.25, 0.3) is 0 Å². The molecule has 7 rings (SSSR count). The maximum absolute atomic E-state index is 13.1. The number of amides is 2. The van der Waals surface area contributed by atoms with E-state index in [-0.39, 0.29) is 42.0 Å². The van der Waals surface area contributed by atoms with E-state index in [1.807, 2.05) is 11.0 Å². The first-order chi connectivity index (χ1) is 18.3. The number of alkyl halides is 5. The second-order valence-electron chi connectivity index (χ2n) is 12.2. The van der Waals surface area contributed by atoms with E-state index in [0.29, 0.717) is 43.6 Å². The minimum Gasteiger partial charge on any atom is -0.378 e. The van der Waals surface area contributed by atoms with Crippen molar-refractivity contribution in [1.82, 2.24) is 30.0 Å². The van der Waals surface area contributed by atoms with Crippen LogP contribution in [0.4, 0.5) is 32.6 Å². The number of nitrogens with zero attached hydrogens (tertiary/aromatic N) is 6. The summed E-state index contributed by atoms with van der Waals surface area (Å²) in [7, 11) is 0. The lowest BCUT2D eigenvalue weighted by atomic mass is 9.57. The summed E-state index contributed by atoms with van der Waals surface area (Å²) >= 11 is 0. The van der Waals surface area contributed by atoms with E-state index >= 15 is 0 Å². The Hall–Kier alpha value is -3.03. The highest BCUT2D eigenvalue weighted by atomic mass is 19.4. The minimum absolute atomic E-state index is 0.00279. The summed E-state index contributed by atoms with van der Waals surface area (Å²) in [6.07, 6.45) is -1.63. The summed E-state index contributed by atoms with van der Waals surface area (Å²) in [4.78, 5) is 26.6. The molecule has 0 bridgehead atoms. The second-order valence-corrected chi connectivity index (χ2v) is 12.2. The first-order valence-corrected chi connectivity index (χ1v) is 13.2. The lowest BCUT2D eigenvalue weighted by Crippen LogP contribution is -2.69. The molecule has 9 nitrogen and oxygen atoms in total. The van der Waals surface area contributed by atoms with Gasteiger partial charge in [0.15, 0.2) is 11.4 Å². The molecule has 2 aromatic heterocycles. The molecule has 1 spiro atoms. The molecule has 5 fully saturated rings. The number of aromatic amines is 1. The number of hydrogen-bond donors (Lipinski definition) is 2. The summed E-state index contributed by atoms with van der Waals surface area (Å²) in [5.74, 6) is -0.908. The molecule has 2 saturated carbocycles. The van der Waals surface area contributed by atoms with Crippen LogP contribution in [-0.4, -0.2) is 98.1 Å². The number of carbonyl (C=O) groups is 1. The van der Waals surface area contributed by atoms with Gasteiger partial charge < -0.3 is 19.8 Å². The number of rotatable bonds is 4. The standard InChI is InChI=1S/C25H28F5N7O2/c26-24(27)5-16(6-24)20-32-19(33-34-20)15-3-22(4-15)10-37(11-22)21(38)35-8-17(9-35)14-1-2-18(31-7-14)36-12-23(39,13-36)25(28,29)30/h1-2,7,15-17,39H,3-6,8-13H2,(H,32,33,34). The summed E-state index contributed by atoms with van der Waals surface area (Å²) in [6.45, 7) is 1.42. The van der Waals surface area contributed by atoms with Gasteiger partial charge in [0.25, 0.3) is 0 Å². The van der Waals surface area contributed by atoms with Gasteiger partial charge in [0.1, 0.15) is 11.6 Å². The number of β-amino-alcohol motifs (C(OH)–C–C–N with tert-alkyl or cyclic N) is 1. The van der Waals surface area contributed by atoms with Crippen LogP contribution in [0.2, 0.25) is 0 Å². The average Bonchev–Trinajstić information content (AvgIpc) is 3.21. The molecule has 210 valence electrons. The molecule has 39 heavy (non-hydrogen) atoms. The number of halogens is 5. The van der Waals surface area contributed by atoms with E-state index in [1.165, 1.54) is 4.90 Å². The predicted octanol–water partition coefficient (Wildman–Crippen LogP) is 3.22. The molecule has 5 aliphatic rings. The molecule has 0 radical (unpaired) electrons. The molecule has 0 unspecified atom stereocenters. The zero-order chi connectivity index (χ0) is 27.4. The van der Waals surface area contributed by atoms with Crippen LogP contribution in [0.5, 0.6) is 0 Å². The van der Waals surface area contributed by atoms with E-state index < -0.39 is 30.8 Å². The SMILES string of the molecule is O=C(N1CC(c2ccc(N3CC(O)(C(F)(F)F)C3)nc2)C1)N1CC2(CC(c3n[nH]c(C4CC(F)(F)C4)n3)C2)C1. The van der Waals surface area contributed by atoms with Crippen LogP contribution in [0.15, 0.2) is 18.3 Å². The summed E-state index contributed by atoms with van der Waals surface area (Å²) < 4.78 is 64.8. The van der Waals surface area contributed by atoms with Crippen molar-refractivity contribution in [3.63, 3.8) is 0 Å². The second kappa shape index (κ2) is 8.01. The highest BCUT2D eigenvalue weighted by Gasteiger charge is 2.61. The Morgan fingerprint density at radius 1 is 0.974 bits per heavy atom. The minimum atomic E-state index is -4.66. The number of likely N-dealkylation sites (tertiary alicyclic amines) is 2. The largest absolute Gasteiger partial charge is 0.420 e. The molecule has 2 aromatic rings. The van der Waals surface area contributed by atoms with E-state index in [1.54, 1.807) is 17.2 Å². The highest BCUT2D eigenvalue weighted by molar-refractivity contribution is 5.77. The van der Waals surface area contributed by atoms with Gasteiger partial charge in [0.05, 0.1) is 13.1 Å². The Balaban J connectivity index is 0.848. The number of aliphatic hydroxyl groups is 1. The van der Waals surface area contributed by atoms with Gasteiger partial charge in [-0.05, 0) is 24.5 Å². The number of anilines is 1. The van der Waals surface area contributed by atoms with Crippen LogP contribution in [0.1, 0.15) is 60.6 Å². The van der Waals surface area contributed by atoms with Crippen molar-refractivity contribution in [2.45, 2.75) is 61.1 Å². The van der Waals surface area contributed by atoms with Crippen molar-refractivity contribution in [1.29, 1.82) is 0 Å². The van der Waals surface area contributed by atoms with Gasteiger partial charge >= 0.3 is 12.2 Å². The Morgan fingerprint density at radius 2 is 1.67 bits per heavy atom. The molecule has 14 heteroatoms. The van der Waals surface area contributed by atoms with Crippen molar-refractivity contribution < 1.29 is 31.9 Å². The Bertz CT molecular complexity index is 1260. The smallest absolute Gasteiger partial charge is 0.378 e. The third kappa shape index (κ3) is 4.04. The monoisotopic (exact) mass is 553 g/mol. The topological polar surface area (TPSA) is 101 Å². The molecule has 3 saturated heterocycles. The van der Waals surface area contributed by atoms with Gasteiger partial charge in [0, 0.05) is 68.4 Å². The van der Waals surface area contributed by atoms with Gasteiger partial charge in [-0.1, -0.05) is 6.07 Å². The molecule has 2 aliphatic carbocycles. The third-order valence-electron chi connectivity index (χ3n) is 9.19. The van der Waals surface area contributed by atoms with Crippen molar-refractivity contribution >= 4 is 11.8 Å². The van der Waals surface area contributed by atoms with Gasteiger partial charge in [-0.15, -0.1) is 0 Å². The van der Waals surface area contributed by atoms with Crippen LogP contribution in [0, 0.1) is 5.41 Å². The molecule has 3 aliphatic heterocycles. The summed E-state index contributed by atoms with van der Waals surface area (Å²) in [5, 5.41) is 16.7. The molecule has 0 atom stereocenters. The number of pyridine rings is 1. The third-order valence-corrected chi connectivity index (χ3v) is 9.19. The molecule has 2 N–H and O–H groups in total. The average molecular weight is 554 g/mol. The van der Waals surface area contributed by atoms with E-state index in [2.05, 4.69) is 20.2 Å². The number of nitrogens with one attached hydrogen (secondary N) is 1. The van der Waals surface area contributed by atoms with Gasteiger partial charge in [-0.25, -0.2) is 23.5 Å². The fraction of sp³-hybridized carbons (Fsp3) is 0.680. The van der Waals surface area contributed by atoms with Crippen LogP contribution < -0.4 is 4.90 Å². The Labute approximate surface area is 220 Å². The van der Waals surface area contributed by atoms with E-state index in [4.69, 9.17) is 0 Å². The summed E-state index contributed by atoms with van der Waals surface area (Å²) in [6, 6.07) is 3.47. The number of urea groups is 1. The lowest BCUT2D eigenvalue weighted by Gasteiger charge is -2.59.